The summed E-state index contributed by atoms with van der Waals surface area (Å²) in [5, 5.41) is 11.8. The highest BCUT2D eigenvalue weighted by Gasteiger charge is 2.15. The molecule has 0 fully saturated rings. The van der Waals surface area contributed by atoms with Gasteiger partial charge in [-0.25, -0.2) is 4.68 Å². The molecule has 0 saturated carbocycles. The molecule has 1 heterocycles. The number of carbonyl (C=O) groups is 1. The molecule has 10 heteroatoms. The molecule has 0 spiro atoms. The molecule has 1 aromatic heterocycles. The van der Waals surface area contributed by atoms with Crippen molar-refractivity contribution in [2.75, 3.05) is 16.9 Å². The van der Waals surface area contributed by atoms with Crippen LogP contribution in [-0.4, -0.2) is 26.5 Å². The van der Waals surface area contributed by atoms with Crippen LogP contribution in [0.25, 0.3) is 0 Å². The van der Waals surface area contributed by atoms with Crippen LogP contribution in [0.2, 0.25) is 10.0 Å². The molecule has 31 heavy (non-hydrogen) atoms. The Morgan fingerprint density at radius 3 is 2.55 bits per heavy atom. The SMILES string of the molecule is CC(C)(C)c1ccc(OCc2nnc(SCC(=O)Nc3cccc(Cl)c3Cl)n2N)cc1. The third-order valence-corrected chi connectivity index (χ3v) is 6.14. The second kappa shape index (κ2) is 9.80. The molecule has 164 valence electrons. The molecule has 0 aliphatic heterocycles. The van der Waals surface area contributed by atoms with Gasteiger partial charge in [0.25, 0.3) is 0 Å². The maximum Gasteiger partial charge on any atom is 0.234 e. The number of nitrogens with one attached hydrogen (secondary N) is 1. The fourth-order valence-corrected chi connectivity index (χ4v) is 3.64. The van der Waals surface area contributed by atoms with E-state index in [-0.39, 0.29) is 23.7 Å². The number of hydrogen-bond acceptors (Lipinski definition) is 6. The minimum atomic E-state index is -0.270. The molecule has 3 N–H and O–H groups in total. The van der Waals surface area contributed by atoms with Gasteiger partial charge in [0.1, 0.15) is 12.4 Å². The first-order valence-electron chi connectivity index (χ1n) is 9.44. The molecule has 7 nitrogen and oxygen atoms in total. The van der Waals surface area contributed by atoms with E-state index < -0.39 is 0 Å². The first-order valence-corrected chi connectivity index (χ1v) is 11.2. The third kappa shape index (κ3) is 6.06. The molecule has 0 aliphatic carbocycles. The number of ether oxygens (including phenoxy) is 1. The van der Waals surface area contributed by atoms with Gasteiger partial charge in [0.05, 0.1) is 21.5 Å². The highest BCUT2D eigenvalue weighted by molar-refractivity contribution is 7.99. The van der Waals surface area contributed by atoms with Crippen LogP contribution >= 0.6 is 35.0 Å². The van der Waals surface area contributed by atoms with Gasteiger partial charge >= 0.3 is 0 Å². The van der Waals surface area contributed by atoms with Crippen molar-refractivity contribution < 1.29 is 9.53 Å². The molecule has 1 amide bonds. The van der Waals surface area contributed by atoms with Gasteiger partial charge in [-0.3, -0.25) is 4.79 Å². The average Bonchev–Trinajstić information content (AvgIpc) is 3.07. The predicted octanol–water partition coefficient (Wildman–Crippen LogP) is 4.91. The van der Waals surface area contributed by atoms with Crippen LogP contribution in [0, 0.1) is 0 Å². The lowest BCUT2D eigenvalue weighted by atomic mass is 9.87. The predicted molar refractivity (Wildman–Crippen MR) is 125 cm³/mol. The summed E-state index contributed by atoms with van der Waals surface area (Å²) in [4.78, 5) is 12.2. The Kier molecular flexibility index (Phi) is 7.35. The standard InChI is InChI=1S/C21H23Cl2N5O2S/c1-21(2,3)13-7-9-14(10-8-13)30-11-17-26-27-20(28(17)24)31-12-18(29)25-16-6-4-5-15(22)19(16)23/h4-10H,11-12,24H2,1-3H3,(H,25,29). The summed E-state index contributed by atoms with van der Waals surface area (Å²) in [7, 11) is 0. The first kappa shape index (κ1) is 23.2. The van der Waals surface area contributed by atoms with Crippen molar-refractivity contribution in [1.82, 2.24) is 14.9 Å². The summed E-state index contributed by atoms with van der Waals surface area (Å²) in [5.41, 5.74) is 1.74. The van der Waals surface area contributed by atoms with Gasteiger partial charge in [-0.05, 0) is 35.2 Å². The van der Waals surface area contributed by atoms with E-state index >= 15 is 0 Å². The van der Waals surface area contributed by atoms with E-state index in [4.69, 9.17) is 33.8 Å². The Balaban J connectivity index is 1.54. The molecule has 0 aliphatic rings. The van der Waals surface area contributed by atoms with Crippen molar-refractivity contribution in [3.63, 3.8) is 0 Å². The Hall–Kier alpha value is -2.42. The fourth-order valence-electron chi connectivity index (χ4n) is 2.62. The molecule has 3 aromatic rings. The number of nitrogens with two attached hydrogens (primary N) is 1. The van der Waals surface area contributed by atoms with Crippen molar-refractivity contribution in [2.24, 2.45) is 0 Å². The van der Waals surface area contributed by atoms with Crippen LogP contribution < -0.4 is 15.9 Å². The molecule has 0 atom stereocenters. The molecule has 0 bridgehead atoms. The molecular formula is C21H23Cl2N5O2S. The molecule has 2 aromatic carbocycles. The van der Waals surface area contributed by atoms with Crippen LogP contribution in [0.5, 0.6) is 5.75 Å². The van der Waals surface area contributed by atoms with Crippen LogP contribution in [0.4, 0.5) is 5.69 Å². The van der Waals surface area contributed by atoms with Gasteiger partial charge in [0, 0.05) is 0 Å². The summed E-state index contributed by atoms with van der Waals surface area (Å²) < 4.78 is 7.08. The van der Waals surface area contributed by atoms with Crippen molar-refractivity contribution in [3.8, 4) is 5.75 Å². The van der Waals surface area contributed by atoms with Crippen LogP contribution in [-0.2, 0) is 16.8 Å². The van der Waals surface area contributed by atoms with E-state index in [0.29, 0.717) is 32.5 Å². The highest BCUT2D eigenvalue weighted by Crippen LogP contribution is 2.30. The number of amides is 1. The van der Waals surface area contributed by atoms with E-state index in [1.165, 1.54) is 10.2 Å². The maximum absolute atomic E-state index is 12.2. The number of rotatable bonds is 7. The summed E-state index contributed by atoms with van der Waals surface area (Å²) in [6, 6.07) is 12.9. The lowest BCUT2D eigenvalue weighted by Gasteiger charge is -2.19. The average molecular weight is 480 g/mol. The summed E-state index contributed by atoms with van der Waals surface area (Å²) >= 11 is 13.2. The molecule has 0 unspecified atom stereocenters. The smallest absolute Gasteiger partial charge is 0.234 e. The first-order chi connectivity index (χ1) is 14.6. The monoisotopic (exact) mass is 479 g/mol. The molecular weight excluding hydrogens is 457 g/mol. The third-order valence-electron chi connectivity index (χ3n) is 4.38. The van der Waals surface area contributed by atoms with Gasteiger partial charge in [-0.2, -0.15) is 0 Å². The molecule has 0 radical (unpaired) electrons. The Morgan fingerprint density at radius 2 is 1.87 bits per heavy atom. The number of nitrogen functional groups attached to an aromatic ring is 1. The molecule has 0 saturated heterocycles. The van der Waals surface area contributed by atoms with E-state index in [0.717, 1.165) is 11.8 Å². The number of benzene rings is 2. The van der Waals surface area contributed by atoms with E-state index in [9.17, 15) is 4.79 Å². The quantitative estimate of drug-likeness (QED) is 0.369. The van der Waals surface area contributed by atoms with Crippen molar-refractivity contribution in [3.05, 3.63) is 63.9 Å². The number of aromatic nitrogens is 3. The largest absolute Gasteiger partial charge is 0.486 e. The number of hydrogen-bond donors (Lipinski definition) is 2. The van der Waals surface area contributed by atoms with Gasteiger partial charge in [0.2, 0.25) is 11.1 Å². The zero-order chi connectivity index (χ0) is 22.6. The van der Waals surface area contributed by atoms with Gasteiger partial charge in [-0.15, -0.1) is 10.2 Å². The Labute approximate surface area is 195 Å². The zero-order valence-corrected chi connectivity index (χ0v) is 19.7. The Morgan fingerprint density at radius 1 is 1.16 bits per heavy atom. The Bertz CT molecular complexity index is 1060. The lowest BCUT2D eigenvalue weighted by molar-refractivity contribution is -0.113. The van der Waals surface area contributed by atoms with Crippen molar-refractivity contribution in [1.29, 1.82) is 0 Å². The summed E-state index contributed by atoms with van der Waals surface area (Å²) in [5.74, 6) is 7.02. The lowest BCUT2D eigenvalue weighted by Crippen LogP contribution is -2.18. The van der Waals surface area contributed by atoms with Gasteiger partial charge in [-0.1, -0.05) is 73.9 Å². The second-order valence-electron chi connectivity index (χ2n) is 7.77. The number of thioether (sulfide) groups is 1. The van der Waals surface area contributed by atoms with E-state index in [1.807, 2.05) is 24.3 Å². The minimum absolute atomic E-state index is 0.0759. The zero-order valence-electron chi connectivity index (χ0n) is 17.4. The van der Waals surface area contributed by atoms with Crippen LogP contribution in [0.1, 0.15) is 32.2 Å². The molecule has 3 rings (SSSR count). The summed E-state index contributed by atoms with van der Waals surface area (Å²) in [6.07, 6.45) is 0. The van der Waals surface area contributed by atoms with Gasteiger partial charge < -0.3 is 15.9 Å². The van der Waals surface area contributed by atoms with Crippen molar-refractivity contribution >= 4 is 46.6 Å². The normalized spacial score (nSPS) is 11.4. The van der Waals surface area contributed by atoms with E-state index in [2.05, 4.69) is 36.3 Å². The van der Waals surface area contributed by atoms with Crippen LogP contribution in [0.3, 0.4) is 0 Å². The van der Waals surface area contributed by atoms with E-state index in [1.54, 1.807) is 18.2 Å². The topological polar surface area (TPSA) is 95.1 Å². The maximum atomic E-state index is 12.2. The number of nitrogens with zero attached hydrogens (tertiary/aromatic N) is 3. The number of carbonyl (C=O) groups excluding carboxylic acids is 1. The van der Waals surface area contributed by atoms with Crippen molar-refractivity contribution in [2.45, 2.75) is 37.9 Å². The minimum Gasteiger partial charge on any atom is -0.486 e. The number of halogens is 2. The van der Waals surface area contributed by atoms with Gasteiger partial charge in [0.15, 0.2) is 5.82 Å². The highest BCUT2D eigenvalue weighted by atomic mass is 35.5. The number of anilines is 1. The summed E-state index contributed by atoms with van der Waals surface area (Å²) in [6.45, 7) is 6.62. The second-order valence-corrected chi connectivity index (χ2v) is 9.50. The van der Waals surface area contributed by atoms with Crippen LogP contribution in [0.15, 0.2) is 47.6 Å². The fraction of sp³-hybridized carbons (Fsp3) is 0.286.